The van der Waals surface area contributed by atoms with Crippen LogP contribution in [0.3, 0.4) is 0 Å². The lowest BCUT2D eigenvalue weighted by atomic mass is 10.1. The summed E-state index contributed by atoms with van der Waals surface area (Å²) in [5.74, 6) is 1.00. The standard InChI is InChI=1S/C11H11BrN2/c1-8-11(12)14-10(13-8)7-9-5-3-2-4-6-9/h2-6H,7H2,1H3,(H,13,14). The van der Waals surface area contributed by atoms with E-state index in [1.807, 2.05) is 25.1 Å². The van der Waals surface area contributed by atoms with E-state index in [2.05, 4.69) is 38.0 Å². The van der Waals surface area contributed by atoms with Gasteiger partial charge in [0.15, 0.2) is 0 Å². The SMILES string of the molecule is Cc1[nH]c(Cc2ccccc2)nc1Br. The predicted octanol–water partition coefficient (Wildman–Crippen LogP) is 3.07. The average molecular weight is 251 g/mol. The maximum Gasteiger partial charge on any atom is 0.127 e. The van der Waals surface area contributed by atoms with E-state index in [9.17, 15) is 0 Å². The molecule has 1 aromatic heterocycles. The van der Waals surface area contributed by atoms with Crippen LogP contribution in [-0.4, -0.2) is 9.97 Å². The monoisotopic (exact) mass is 250 g/mol. The molecule has 0 fully saturated rings. The van der Waals surface area contributed by atoms with Crippen LogP contribution in [0.4, 0.5) is 0 Å². The molecule has 0 spiro atoms. The van der Waals surface area contributed by atoms with E-state index in [1.165, 1.54) is 5.56 Å². The summed E-state index contributed by atoms with van der Waals surface area (Å²) in [5, 5.41) is 0. The minimum absolute atomic E-state index is 0.854. The van der Waals surface area contributed by atoms with Crippen molar-refractivity contribution in [3.05, 3.63) is 52.0 Å². The molecular weight excluding hydrogens is 240 g/mol. The minimum Gasteiger partial charge on any atom is -0.345 e. The first-order valence-corrected chi connectivity index (χ1v) is 5.30. The number of aryl methyl sites for hydroxylation is 1. The molecule has 0 bridgehead atoms. The first kappa shape index (κ1) is 9.46. The zero-order chi connectivity index (χ0) is 9.97. The van der Waals surface area contributed by atoms with E-state index in [0.717, 1.165) is 22.5 Å². The molecule has 0 amide bonds. The van der Waals surface area contributed by atoms with Gasteiger partial charge in [-0.1, -0.05) is 30.3 Å². The molecule has 0 unspecified atom stereocenters. The minimum atomic E-state index is 0.854. The normalized spacial score (nSPS) is 10.4. The number of halogens is 1. The number of nitrogens with zero attached hydrogens (tertiary/aromatic N) is 1. The molecule has 1 N–H and O–H groups in total. The Balaban J connectivity index is 2.19. The van der Waals surface area contributed by atoms with Crippen LogP contribution >= 0.6 is 15.9 Å². The molecule has 2 aromatic rings. The van der Waals surface area contributed by atoms with Crippen molar-refractivity contribution in [3.63, 3.8) is 0 Å². The van der Waals surface area contributed by atoms with Crippen molar-refractivity contribution >= 4 is 15.9 Å². The summed E-state index contributed by atoms with van der Waals surface area (Å²) in [5.41, 5.74) is 2.35. The molecular formula is C11H11BrN2. The van der Waals surface area contributed by atoms with Crippen molar-refractivity contribution < 1.29 is 0 Å². The highest BCUT2D eigenvalue weighted by Crippen LogP contribution is 2.14. The number of nitrogens with one attached hydrogen (secondary N) is 1. The summed E-state index contributed by atoms with van der Waals surface area (Å²) in [6.07, 6.45) is 0.854. The van der Waals surface area contributed by atoms with Gasteiger partial charge in [-0.3, -0.25) is 0 Å². The Labute approximate surface area is 91.5 Å². The fraction of sp³-hybridized carbons (Fsp3) is 0.182. The molecule has 1 heterocycles. The van der Waals surface area contributed by atoms with Gasteiger partial charge in [-0.25, -0.2) is 4.98 Å². The molecule has 0 aliphatic rings. The molecule has 72 valence electrons. The molecule has 2 nitrogen and oxygen atoms in total. The number of H-pyrrole nitrogens is 1. The van der Waals surface area contributed by atoms with Gasteiger partial charge in [0, 0.05) is 12.1 Å². The summed E-state index contributed by atoms with van der Waals surface area (Å²) in [7, 11) is 0. The van der Waals surface area contributed by atoms with Gasteiger partial charge >= 0.3 is 0 Å². The van der Waals surface area contributed by atoms with Gasteiger partial charge in [0.25, 0.3) is 0 Å². The Bertz CT molecular complexity index is 401. The third kappa shape index (κ3) is 2.04. The highest BCUT2D eigenvalue weighted by molar-refractivity contribution is 9.10. The summed E-state index contributed by atoms with van der Waals surface area (Å²) in [6, 6.07) is 10.3. The van der Waals surface area contributed by atoms with Crippen molar-refractivity contribution in [2.24, 2.45) is 0 Å². The lowest BCUT2D eigenvalue weighted by Crippen LogP contribution is -1.89. The van der Waals surface area contributed by atoms with E-state index in [-0.39, 0.29) is 0 Å². The number of aromatic nitrogens is 2. The highest BCUT2D eigenvalue weighted by atomic mass is 79.9. The zero-order valence-electron chi connectivity index (χ0n) is 7.92. The summed E-state index contributed by atoms with van der Waals surface area (Å²) < 4.78 is 0.906. The van der Waals surface area contributed by atoms with Crippen LogP contribution in [0.1, 0.15) is 17.1 Å². The average Bonchev–Trinajstić information content (AvgIpc) is 2.47. The topological polar surface area (TPSA) is 28.7 Å². The van der Waals surface area contributed by atoms with Crippen LogP contribution in [0.25, 0.3) is 0 Å². The Morgan fingerprint density at radius 2 is 2.00 bits per heavy atom. The molecule has 14 heavy (non-hydrogen) atoms. The Morgan fingerprint density at radius 3 is 2.57 bits per heavy atom. The Kier molecular flexibility index (Phi) is 2.68. The molecule has 1 aromatic carbocycles. The number of benzene rings is 1. The number of hydrogen-bond donors (Lipinski definition) is 1. The molecule has 0 saturated heterocycles. The van der Waals surface area contributed by atoms with Crippen LogP contribution in [0, 0.1) is 6.92 Å². The molecule has 0 radical (unpaired) electrons. The second-order valence-corrected chi connectivity index (χ2v) is 4.01. The molecule has 0 aliphatic heterocycles. The smallest absolute Gasteiger partial charge is 0.127 e. The fourth-order valence-electron chi connectivity index (χ4n) is 1.37. The van der Waals surface area contributed by atoms with Gasteiger partial charge < -0.3 is 4.98 Å². The van der Waals surface area contributed by atoms with Gasteiger partial charge in [-0.2, -0.15) is 0 Å². The number of imidazole rings is 1. The third-order valence-corrected chi connectivity index (χ3v) is 2.86. The maximum atomic E-state index is 4.37. The van der Waals surface area contributed by atoms with Gasteiger partial charge in [0.05, 0.1) is 0 Å². The fourth-order valence-corrected chi connectivity index (χ4v) is 1.68. The maximum absolute atomic E-state index is 4.37. The lowest BCUT2D eigenvalue weighted by molar-refractivity contribution is 1.01. The van der Waals surface area contributed by atoms with Crippen LogP contribution in [-0.2, 0) is 6.42 Å². The first-order valence-electron chi connectivity index (χ1n) is 4.50. The summed E-state index contributed by atoms with van der Waals surface area (Å²) in [4.78, 5) is 7.60. The zero-order valence-corrected chi connectivity index (χ0v) is 9.51. The van der Waals surface area contributed by atoms with Crippen molar-refractivity contribution in [1.29, 1.82) is 0 Å². The number of rotatable bonds is 2. The molecule has 0 atom stereocenters. The quantitative estimate of drug-likeness (QED) is 0.872. The summed E-state index contributed by atoms with van der Waals surface area (Å²) >= 11 is 3.39. The van der Waals surface area contributed by atoms with E-state index < -0.39 is 0 Å². The number of hydrogen-bond acceptors (Lipinski definition) is 1. The van der Waals surface area contributed by atoms with Gasteiger partial charge in [0.2, 0.25) is 0 Å². The first-order chi connectivity index (χ1) is 6.75. The predicted molar refractivity (Wildman–Crippen MR) is 60.3 cm³/mol. The van der Waals surface area contributed by atoms with Crippen molar-refractivity contribution in [2.45, 2.75) is 13.3 Å². The van der Waals surface area contributed by atoms with E-state index in [4.69, 9.17) is 0 Å². The molecule has 0 aliphatic carbocycles. The second kappa shape index (κ2) is 3.96. The van der Waals surface area contributed by atoms with Crippen LogP contribution in [0.15, 0.2) is 34.9 Å². The third-order valence-electron chi connectivity index (χ3n) is 2.09. The Hall–Kier alpha value is -1.09. The van der Waals surface area contributed by atoms with Crippen LogP contribution < -0.4 is 0 Å². The molecule has 2 rings (SSSR count). The van der Waals surface area contributed by atoms with Crippen molar-refractivity contribution in [3.8, 4) is 0 Å². The van der Waals surface area contributed by atoms with Gasteiger partial charge in [-0.05, 0) is 28.4 Å². The van der Waals surface area contributed by atoms with E-state index in [1.54, 1.807) is 0 Å². The molecule has 3 heteroatoms. The van der Waals surface area contributed by atoms with Gasteiger partial charge in [0.1, 0.15) is 10.4 Å². The van der Waals surface area contributed by atoms with E-state index in [0.29, 0.717) is 0 Å². The largest absolute Gasteiger partial charge is 0.345 e. The van der Waals surface area contributed by atoms with Crippen molar-refractivity contribution in [2.75, 3.05) is 0 Å². The summed E-state index contributed by atoms with van der Waals surface area (Å²) in [6.45, 7) is 2.01. The van der Waals surface area contributed by atoms with Gasteiger partial charge in [-0.15, -0.1) is 0 Å². The highest BCUT2D eigenvalue weighted by Gasteiger charge is 2.03. The van der Waals surface area contributed by atoms with Crippen molar-refractivity contribution in [1.82, 2.24) is 9.97 Å². The van der Waals surface area contributed by atoms with Crippen LogP contribution in [0.2, 0.25) is 0 Å². The lowest BCUT2D eigenvalue weighted by Gasteiger charge is -1.96. The molecule has 0 saturated carbocycles. The number of aromatic amines is 1. The Morgan fingerprint density at radius 1 is 1.29 bits per heavy atom. The second-order valence-electron chi connectivity index (χ2n) is 3.26. The van der Waals surface area contributed by atoms with Crippen LogP contribution in [0.5, 0.6) is 0 Å². The van der Waals surface area contributed by atoms with E-state index >= 15 is 0 Å².